The molecular weight excluding hydrogens is 240 g/mol. The molecule has 2 rings (SSSR count). The lowest BCUT2D eigenvalue weighted by Gasteiger charge is -2.23. The maximum Gasteiger partial charge on any atom is 0.340 e. The van der Waals surface area contributed by atoms with Crippen molar-refractivity contribution in [3.8, 4) is 0 Å². The number of piperidine rings is 1. The predicted molar refractivity (Wildman–Crippen MR) is 76.5 cm³/mol. The van der Waals surface area contributed by atoms with Gasteiger partial charge in [0, 0.05) is 12.2 Å². The first-order valence-corrected chi connectivity index (χ1v) is 7.02. The molecule has 4 nitrogen and oxygen atoms in total. The molecule has 0 aromatic heterocycles. The van der Waals surface area contributed by atoms with Crippen molar-refractivity contribution in [2.45, 2.75) is 19.8 Å². The summed E-state index contributed by atoms with van der Waals surface area (Å²) in [5, 5.41) is 6.78. The summed E-state index contributed by atoms with van der Waals surface area (Å²) >= 11 is 0. The molecule has 0 amide bonds. The topological polar surface area (TPSA) is 50.4 Å². The molecule has 0 radical (unpaired) electrons. The summed E-state index contributed by atoms with van der Waals surface area (Å²) in [6.45, 7) is 5.29. The van der Waals surface area contributed by atoms with Crippen LogP contribution in [0.4, 0.5) is 5.69 Å². The van der Waals surface area contributed by atoms with Crippen LogP contribution >= 0.6 is 0 Å². The van der Waals surface area contributed by atoms with Crippen LogP contribution in [0, 0.1) is 5.92 Å². The van der Waals surface area contributed by atoms with Gasteiger partial charge in [-0.1, -0.05) is 12.1 Å². The average molecular weight is 262 g/mol. The number of anilines is 1. The highest BCUT2D eigenvalue weighted by atomic mass is 16.5. The third kappa shape index (κ3) is 3.96. The van der Waals surface area contributed by atoms with E-state index in [4.69, 9.17) is 4.74 Å². The molecule has 1 saturated heterocycles. The second-order valence-electron chi connectivity index (χ2n) is 4.86. The molecular formula is C15H22N2O2. The number of hydrogen-bond donors (Lipinski definition) is 2. The number of ether oxygens (including phenoxy) is 1. The molecule has 0 spiro atoms. The Morgan fingerprint density at radius 1 is 1.47 bits per heavy atom. The van der Waals surface area contributed by atoms with Crippen molar-refractivity contribution < 1.29 is 9.53 Å². The lowest BCUT2D eigenvalue weighted by atomic mass is 9.99. The van der Waals surface area contributed by atoms with Crippen LogP contribution in [-0.2, 0) is 4.74 Å². The van der Waals surface area contributed by atoms with E-state index in [0.29, 0.717) is 18.1 Å². The van der Waals surface area contributed by atoms with Gasteiger partial charge < -0.3 is 15.4 Å². The van der Waals surface area contributed by atoms with Gasteiger partial charge in [-0.3, -0.25) is 0 Å². The maximum atomic E-state index is 11.8. The monoisotopic (exact) mass is 262 g/mol. The first-order valence-electron chi connectivity index (χ1n) is 7.02. The number of benzene rings is 1. The summed E-state index contributed by atoms with van der Waals surface area (Å²) in [4.78, 5) is 11.8. The molecule has 0 aliphatic carbocycles. The van der Waals surface area contributed by atoms with Gasteiger partial charge in [0.05, 0.1) is 12.2 Å². The largest absolute Gasteiger partial charge is 0.462 e. The molecule has 104 valence electrons. The molecule has 4 heteroatoms. The molecule has 1 unspecified atom stereocenters. The van der Waals surface area contributed by atoms with Gasteiger partial charge in [0.2, 0.25) is 0 Å². The van der Waals surface area contributed by atoms with Gasteiger partial charge in [-0.25, -0.2) is 4.79 Å². The Morgan fingerprint density at radius 3 is 3.05 bits per heavy atom. The van der Waals surface area contributed by atoms with Crippen molar-refractivity contribution in [2.24, 2.45) is 5.92 Å². The molecule has 1 aliphatic heterocycles. The van der Waals surface area contributed by atoms with E-state index in [0.717, 1.165) is 25.3 Å². The van der Waals surface area contributed by atoms with E-state index in [1.165, 1.54) is 12.8 Å². The van der Waals surface area contributed by atoms with E-state index in [9.17, 15) is 4.79 Å². The van der Waals surface area contributed by atoms with Crippen molar-refractivity contribution in [3.63, 3.8) is 0 Å². The Kier molecular flexibility index (Phi) is 5.21. The molecule has 1 aliphatic rings. The van der Waals surface area contributed by atoms with Gasteiger partial charge >= 0.3 is 5.97 Å². The summed E-state index contributed by atoms with van der Waals surface area (Å²) in [6, 6.07) is 7.53. The quantitative estimate of drug-likeness (QED) is 0.799. The zero-order valence-corrected chi connectivity index (χ0v) is 11.4. The smallest absolute Gasteiger partial charge is 0.340 e. The number of carbonyl (C=O) groups excluding carboxylic acids is 1. The van der Waals surface area contributed by atoms with E-state index < -0.39 is 0 Å². The standard InChI is InChI=1S/C15H22N2O2/c1-2-19-15(18)13-7-3-4-8-14(13)17-11-12-6-5-9-16-10-12/h3-4,7-8,12,16-17H,2,5-6,9-11H2,1H3. The van der Waals surface area contributed by atoms with Crippen molar-refractivity contribution in [1.82, 2.24) is 5.32 Å². The number of para-hydroxylation sites is 1. The van der Waals surface area contributed by atoms with E-state index in [2.05, 4.69) is 10.6 Å². The van der Waals surface area contributed by atoms with Crippen molar-refractivity contribution in [1.29, 1.82) is 0 Å². The van der Waals surface area contributed by atoms with Crippen LogP contribution < -0.4 is 10.6 Å². The van der Waals surface area contributed by atoms with Crippen molar-refractivity contribution in [3.05, 3.63) is 29.8 Å². The predicted octanol–water partition coefficient (Wildman–Crippen LogP) is 2.27. The SMILES string of the molecule is CCOC(=O)c1ccccc1NCC1CCCNC1. The van der Waals surface area contributed by atoms with Crippen LogP contribution in [-0.4, -0.2) is 32.2 Å². The third-order valence-electron chi connectivity index (χ3n) is 3.40. The summed E-state index contributed by atoms with van der Waals surface area (Å²) in [5.41, 5.74) is 1.49. The van der Waals surface area contributed by atoms with Gasteiger partial charge in [0.15, 0.2) is 0 Å². The molecule has 1 heterocycles. The number of esters is 1. The number of carbonyl (C=O) groups is 1. The number of rotatable bonds is 5. The zero-order chi connectivity index (χ0) is 13.5. The van der Waals surface area contributed by atoms with Gasteiger partial charge in [0.1, 0.15) is 0 Å². The summed E-state index contributed by atoms with van der Waals surface area (Å²) in [7, 11) is 0. The van der Waals surface area contributed by atoms with E-state index in [1.54, 1.807) is 6.07 Å². The van der Waals surface area contributed by atoms with Gasteiger partial charge in [0.25, 0.3) is 0 Å². The van der Waals surface area contributed by atoms with E-state index in [1.807, 2.05) is 25.1 Å². The summed E-state index contributed by atoms with van der Waals surface area (Å²) < 4.78 is 5.07. The Bertz CT molecular complexity index is 414. The maximum absolute atomic E-state index is 11.8. The molecule has 2 N–H and O–H groups in total. The van der Waals surface area contributed by atoms with Crippen molar-refractivity contribution >= 4 is 11.7 Å². The second kappa shape index (κ2) is 7.14. The van der Waals surface area contributed by atoms with Crippen LogP contribution in [0.1, 0.15) is 30.1 Å². The van der Waals surface area contributed by atoms with Crippen LogP contribution in [0.15, 0.2) is 24.3 Å². The second-order valence-corrected chi connectivity index (χ2v) is 4.86. The Balaban J connectivity index is 1.97. The normalized spacial score (nSPS) is 18.9. The zero-order valence-electron chi connectivity index (χ0n) is 11.4. The van der Waals surface area contributed by atoms with Crippen molar-refractivity contribution in [2.75, 3.05) is 31.6 Å². The number of hydrogen-bond acceptors (Lipinski definition) is 4. The Labute approximate surface area is 114 Å². The van der Waals surface area contributed by atoms with Crippen LogP contribution in [0.2, 0.25) is 0 Å². The van der Waals surface area contributed by atoms with Gasteiger partial charge in [-0.15, -0.1) is 0 Å². The first-order chi connectivity index (χ1) is 9.31. The Hall–Kier alpha value is -1.55. The highest BCUT2D eigenvalue weighted by molar-refractivity contribution is 5.95. The summed E-state index contributed by atoms with van der Waals surface area (Å²) in [6.07, 6.45) is 2.47. The van der Waals surface area contributed by atoms with Gasteiger partial charge in [-0.05, 0) is 50.9 Å². The van der Waals surface area contributed by atoms with Crippen LogP contribution in [0.25, 0.3) is 0 Å². The molecule has 19 heavy (non-hydrogen) atoms. The minimum Gasteiger partial charge on any atom is -0.462 e. The molecule has 1 fully saturated rings. The molecule has 0 bridgehead atoms. The lowest BCUT2D eigenvalue weighted by molar-refractivity contribution is 0.0527. The average Bonchev–Trinajstić information content (AvgIpc) is 2.47. The fraction of sp³-hybridized carbons (Fsp3) is 0.533. The first kappa shape index (κ1) is 13.9. The van der Waals surface area contributed by atoms with Crippen LogP contribution in [0.3, 0.4) is 0 Å². The molecule has 1 aromatic rings. The number of nitrogens with one attached hydrogen (secondary N) is 2. The molecule has 1 aromatic carbocycles. The Morgan fingerprint density at radius 2 is 2.32 bits per heavy atom. The minimum atomic E-state index is -0.257. The summed E-state index contributed by atoms with van der Waals surface area (Å²) in [5.74, 6) is 0.372. The highest BCUT2D eigenvalue weighted by Crippen LogP contribution is 2.18. The highest BCUT2D eigenvalue weighted by Gasteiger charge is 2.15. The van der Waals surface area contributed by atoms with E-state index in [-0.39, 0.29) is 5.97 Å². The third-order valence-corrected chi connectivity index (χ3v) is 3.40. The minimum absolute atomic E-state index is 0.257. The van der Waals surface area contributed by atoms with E-state index >= 15 is 0 Å². The fourth-order valence-corrected chi connectivity index (χ4v) is 2.38. The lowest BCUT2D eigenvalue weighted by Crippen LogP contribution is -2.33. The molecule has 1 atom stereocenters. The van der Waals surface area contributed by atoms with Gasteiger partial charge in [-0.2, -0.15) is 0 Å². The molecule has 0 saturated carbocycles. The fourth-order valence-electron chi connectivity index (χ4n) is 2.38. The van der Waals surface area contributed by atoms with Crippen LogP contribution in [0.5, 0.6) is 0 Å².